The van der Waals surface area contributed by atoms with Crippen LogP contribution in [0.4, 0.5) is 18.9 Å². The molecule has 41 heavy (non-hydrogen) atoms. The van der Waals surface area contributed by atoms with E-state index in [1.807, 2.05) is 0 Å². The predicted molar refractivity (Wildman–Crippen MR) is 142 cm³/mol. The van der Waals surface area contributed by atoms with E-state index in [0.717, 1.165) is 6.07 Å². The lowest BCUT2D eigenvalue weighted by Crippen LogP contribution is -2.59. The Balaban J connectivity index is 1.52. The minimum Gasteiger partial charge on any atom is -0.388 e. The number of halogens is 4. The highest BCUT2D eigenvalue weighted by Gasteiger charge is 2.59. The van der Waals surface area contributed by atoms with Crippen molar-refractivity contribution in [3.05, 3.63) is 58.4 Å². The van der Waals surface area contributed by atoms with E-state index in [4.69, 9.17) is 11.6 Å². The fourth-order valence-electron chi connectivity index (χ4n) is 5.58. The van der Waals surface area contributed by atoms with E-state index >= 15 is 0 Å². The zero-order valence-corrected chi connectivity index (χ0v) is 23.7. The summed E-state index contributed by atoms with van der Waals surface area (Å²) in [5, 5.41) is 34.7. The fourth-order valence-corrected chi connectivity index (χ4v) is 7.98. The maximum absolute atomic E-state index is 13.7. The van der Waals surface area contributed by atoms with Crippen molar-refractivity contribution in [2.24, 2.45) is 11.8 Å². The quantitative estimate of drug-likeness (QED) is 0.285. The number of rotatable bonds is 8. The van der Waals surface area contributed by atoms with Gasteiger partial charge < -0.3 is 26.0 Å². The largest absolute Gasteiger partial charge is 0.388 e. The van der Waals surface area contributed by atoms with E-state index in [1.165, 1.54) is 26.0 Å². The van der Waals surface area contributed by atoms with Crippen molar-refractivity contribution in [3.8, 4) is 0 Å². The fraction of sp³-hybridized carbons (Fsp3) is 0.481. The molecule has 5 N–H and O–H groups in total. The Bertz CT molecular complexity index is 1440. The Labute approximate surface area is 239 Å². The van der Waals surface area contributed by atoms with E-state index in [9.17, 15) is 46.5 Å². The Kier molecular flexibility index (Phi) is 8.51. The molecule has 9 nitrogen and oxygen atoms in total. The second kappa shape index (κ2) is 11.2. The average Bonchev–Trinajstić information content (AvgIpc) is 3.05. The minimum atomic E-state index is -4.18. The summed E-state index contributed by atoms with van der Waals surface area (Å²) in [5.41, 5.74) is -3.94. The summed E-state index contributed by atoms with van der Waals surface area (Å²) >= 11 is 6.22. The van der Waals surface area contributed by atoms with Crippen LogP contribution in [-0.4, -0.2) is 64.7 Å². The summed E-state index contributed by atoms with van der Waals surface area (Å²) in [6, 6.07) is 4.57. The van der Waals surface area contributed by atoms with Crippen molar-refractivity contribution >= 4 is 38.9 Å². The zero-order chi connectivity index (χ0) is 30.5. The Morgan fingerprint density at radius 2 is 1.66 bits per heavy atom. The molecular weight excluding hydrogens is 589 g/mol. The van der Waals surface area contributed by atoms with E-state index < -0.39 is 73.5 Å². The lowest BCUT2D eigenvalue weighted by atomic mass is 9.73. The van der Waals surface area contributed by atoms with Gasteiger partial charge in [-0.2, -0.15) is 0 Å². The molecule has 224 valence electrons. The Hall–Kier alpha value is -2.71. The molecule has 14 heteroatoms. The number of carbonyl (C=O) groups excluding carboxylic acids is 2. The lowest BCUT2D eigenvalue weighted by molar-refractivity contribution is -0.153. The average molecular weight is 619 g/mol. The molecule has 4 rings (SSSR count). The topological polar surface area (TPSA) is 153 Å². The van der Waals surface area contributed by atoms with Crippen LogP contribution in [-0.2, 0) is 14.6 Å². The summed E-state index contributed by atoms with van der Waals surface area (Å²) in [5.74, 6) is -7.86. The number of benzene rings is 2. The van der Waals surface area contributed by atoms with Gasteiger partial charge in [-0.1, -0.05) is 11.6 Å². The molecular formula is C27H30ClF3N2O7S. The normalized spacial score (nSPS) is 25.0. The van der Waals surface area contributed by atoms with Crippen molar-refractivity contribution in [1.82, 2.24) is 5.32 Å². The smallest absolute Gasteiger partial charge is 0.255 e. The van der Waals surface area contributed by atoms with Crippen LogP contribution in [0, 0.1) is 29.3 Å². The molecule has 2 aromatic carbocycles. The highest BCUT2D eigenvalue weighted by atomic mass is 35.5. The maximum atomic E-state index is 13.7. The molecule has 2 aliphatic rings. The minimum absolute atomic E-state index is 0.0717. The molecule has 0 heterocycles. The van der Waals surface area contributed by atoms with Gasteiger partial charge in [0.2, 0.25) is 0 Å². The van der Waals surface area contributed by atoms with E-state index in [0.29, 0.717) is 25.0 Å². The summed E-state index contributed by atoms with van der Waals surface area (Å²) in [7, 11) is -4.18. The molecule has 0 spiro atoms. The highest BCUT2D eigenvalue weighted by molar-refractivity contribution is 7.92. The number of sulfone groups is 1. The van der Waals surface area contributed by atoms with E-state index in [1.54, 1.807) is 0 Å². The number of carbonyl (C=O) groups is 2. The van der Waals surface area contributed by atoms with Crippen LogP contribution in [0.25, 0.3) is 0 Å². The summed E-state index contributed by atoms with van der Waals surface area (Å²) in [6.07, 6.45) is -0.669. The van der Waals surface area contributed by atoms with Gasteiger partial charge in [0.1, 0.15) is 5.60 Å². The van der Waals surface area contributed by atoms with Crippen LogP contribution in [0.3, 0.4) is 0 Å². The monoisotopic (exact) mass is 618 g/mol. The van der Waals surface area contributed by atoms with Gasteiger partial charge in [-0.25, -0.2) is 21.6 Å². The number of nitrogens with one attached hydrogen (secondary N) is 2. The SMILES string of the molecule is CC(C)(O)C(O)CNC(=O)[C@@]1(O)C2CC[C@H]1C[C@H](S(=O)(=O)c1cc(C(=O)Nc3cc(F)c(F)c(F)c3)ccc1Cl)C2. The molecule has 0 aromatic heterocycles. The highest BCUT2D eigenvalue weighted by Crippen LogP contribution is 2.52. The van der Waals surface area contributed by atoms with Gasteiger partial charge in [-0.05, 0) is 69.6 Å². The second-order valence-corrected chi connectivity index (χ2v) is 13.8. The number of aliphatic hydroxyl groups is 3. The first-order valence-corrected chi connectivity index (χ1v) is 14.8. The molecule has 2 saturated carbocycles. The molecule has 2 aromatic rings. The van der Waals surface area contributed by atoms with Crippen molar-refractivity contribution in [2.45, 2.75) is 67.0 Å². The molecule has 2 fully saturated rings. The number of fused-ring (bicyclic) bond motifs is 2. The zero-order valence-electron chi connectivity index (χ0n) is 22.1. The van der Waals surface area contributed by atoms with Crippen LogP contribution in [0.2, 0.25) is 5.02 Å². The first-order valence-electron chi connectivity index (χ1n) is 12.9. The standard InChI is InChI=1S/C27H30ClF3N2O7S/c1-26(2,37)22(34)12-32-25(36)27(38)14-4-5-15(27)9-17(8-14)41(39,40)21-7-13(3-6-18(21)28)24(35)33-16-10-19(29)23(31)20(30)11-16/h3,6-7,10-11,14-15,17,22,34,37-38H,4-5,8-9,12H2,1-2H3,(H,32,36)(H,33,35)/t14-,15?,17-,22?,27-/m0/s1. The predicted octanol–water partition coefficient (Wildman–Crippen LogP) is 2.95. The molecule has 0 aliphatic heterocycles. The Morgan fingerprint density at radius 3 is 2.20 bits per heavy atom. The summed E-state index contributed by atoms with van der Waals surface area (Å²) in [6.45, 7) is 2.42. The van der Waals surface area contributed by atoms with Crippen molar-refractivity contribution in [2.75, 3.05) is 11.9 Å². The number of hydrogen-bond acceptors (Lipinski definition) is 7. The third-order valence-corrected chi connectivity index (χ3v) is 10.7. The third kappa shape index (κ3) is 5.96. The van der Waals surface area contributed by atoms with Gasteiger partial charge in [-0.3, -0.25) is 9.59 Å². The van der Waals surface area contributed by atoms with Gasteiger partial charge in [0.15, 0.2) is 27.3 Å². The number of aliphatic hydroxyl groups excluding tert-OH is 1. The molecule has 2 bridgehead atoms. The third-order valence-electron chi connectivity index (χ3n) is 8.02. The van der Waals surface area contributed by atoms with Crippen LogP contribution in [0.5, 0.6) is 0 Å². The first-order chi connectivity index (χ1) is 19.0. The van der Waals surface area contributed by atoms with Crippen molar-refractivity contribution < 1.29 is 46.5 Å². The van der Waals surface area contributed by atoms with Gasteiger partial charge in [0.25, 0.3) is 11.8 Å². The maximum Gasteiger partial charge on any atom is 0.255 e. The number of amides is 2. The van der Waals surface area contributed by atoms with Gasteiger partial charge in [0.05, 0.1) is 26.9 Å². The lowest BCUT2D eigenvalue weighted by Gasteiger charge is -2.41. The van der Waals surface area contributed by atoms with Gasteiger partial charge in [-0.15, -0.1) is 0 Å². The summed E-state index contributed by atoms with van der Waals surface area (Å²) < 4.78 is 67.7. The first kappa shape index (κ1) is 31.2. The molecule has 5 atom stereocenters. The summed E-state index contributed by atoms with van der Waals surface area (Å²) in [4.78, 5) is 25.4. The number of hydrogen-bond donors (Lipinski definition) is 5. The van der Waals surface area contributed by atoms with Crippen LogP contribution < -0.4 is 10.6 Å². The Morgan fingerprint density at radius 1 is 1.10 bits per heavy atom. The number of anilines is 1. The van der Waals surface area contributed by atoms with E-state index in [-0.39, 0.29) is 40.6 Å². The van der Waals surface area contributed by atoms with Gasteiger partial charge in [0, 0.05) is 29.9 Å². The molecule has 0 radical (unpaired) electrons. The molecule has 2 amide bonds. The van der Waals surface area contributed by atoms with Crippen LogP contribution in [0.15, 0.2) is 35.2 Å². The van der Waals surface area contributed by atoms with Crippen molar-refractivity contribution in [1.29, 1.82) is 0 Å². The van der Waals surface area contributed by atoms with Gasteiger partial charge >= 0.3 is 0 Å². The molecule has 2 unspecified atom stereocenters. The second-order valence-electron chi connectivity index (χ2n) is 11.2. The van der Waals surface area contributed by atoms with Crippen molar-refractivity contribution in [3.63, 3.8) is 0 Å². The van der Waals surface area contributed by atoms with Crippen LogP contribution >= 0.6 is 11.6 Å². The molecule has 2 aliphatic carbocycles. The molecule has 0 saturated heterocycles. The van der Waals surface area contributed by atoms with E-state index in [2.05, 4.69) is 10.6 Å². The van der Waals surface area contributed by atoms with Crippen LogP contribution in [0.1, 0.15) is 49.9 Å².